The second-order valence-corrected chi connectivity index (χ2v) is 8.29. The van der Waals surface area contributed by atoms with Crippen LogP contribution in [0.5, 0.6) is 0 Å². The summed E-state index contributed by atoms with van der Waals surface area (Å²) >= 11 is 3.13. The van der Waals surface area contributed by atoms with Crippen molar-refractivity contribution in [2.45, 2.75) is 30.9 Å². The second kappa shape index (κ2) is 7.36. The smallest absolute Gasteiger partial charge is 0.287 e. The molecule has 1 N–H and O–H groups in total. The number of furan rings is 1. The third kappa shape index (κ3) is 3.79. The van der Waals surface area contributed by atoms with Gasteiger partial charge in [0.05, 0.1) is 0 Å². The fourth-order valence-corrected chi connectivity index (χ4v) is 4.12. The van der Waals surface area contributed by atoms with Gasteiger partial charge in [0.2, 0.25) is 0 Å². The minimum atomic E-state index is -0.163. The average Bonchev–Trinajstić information content (AvgIpc) is 3.14. The van der Waals surface area contributed by atoms with Crippen LogP contribution in [0.25, 0.3) is 11.0 Å². The molecule has 7 heteroatoms. The Balaban J connectivity index is 1.88. The van der Waals surface area contributed by atoms with Gasteiger partial charge >= 0.3 is 0 Å². The maximum absolute atomic E-state index is 12.5. The predicted octanol–water partition coefficient (Wildman–Crippen LogP) is 4.27. The van der Waals surface area contributed by atoms with Crippen molar-refractivity contribution < 1.29 is 9.21 Å². The van der Waals surface area contributed by atoms with Gasteiger partial charge in [0.1, 0.15) is 10.6 Å². The van der Waals surface area contributed by atoms with Crippen molar-refractivity contribution in [2.24, 2.45) is 5.92 Å². The summed E-state index contributed by atoms with van der Waals surface area (Å²) in [5, 5.41) is 13.0. The molecule has 0 aliphatic heterocycles. The molecule has 126 valence electrons. The molecule has 0 aliphatic carbocycles. The predicted molar refractivity (Wildman–Crippen MR) is 97.6 cm³/mol. The van der Waals surface area contributed by atoms with Crippen LogP contribution in [0.4, 0.5) is 0 Å². The summed E-state index contributed by atoms with van der Waals surface area (Å²) in [5.74, 6) is 1.24. The number of aryl methyl sites for hydroxylation is 1. The Morgan fingerprint density at radius 2 is 2.12 bits per heavy atom. The molecule has 5 nitrogen and oxygen atoms in total. The first-order valence-electron chi connectivity index (χ1n) is 7.76. The molecule has 3 aromatic rings. The van der Waals surface area contributed by atoms with E-state index in [-0.39, 0.29) is 5.91 Å². The highest BCUT2D eigenvalue weighted by Crippen LogP contribution is 2.33. The van der Waals surface area contributed by atoms with E-state index in [4.69, 9.17) is 4.42 Å². The van der Waals surface area contributed by atoms with Gasteiger partial charge in [-0.1, -0.05) is 55.1 Å². The highest BCUT2D eigenvalue weighted by atomic mass is 32.2. The van der Waals surface area contributed by atoms with E-state index in [0.717, 1.165) is 25.9 Å². The van der Waals surface area contributed by atoms with Gasteiger partial charge in [-0.2, -0.15) is 0 Å². The molecule has 0 atom stereocenters. The number of amides is 1. The summed E-state index contributed by atoms with van der Waals surface area (Å²) in [5.41, 5.74) is 1.64. The Bertz CT molecular complexity index is 855. The van der Waals surface area contributed by atoms with Crippen molar-refractivity contribution in [1.82, 2.24) is 15.5 Å². The molecule has 1 aromatic carbocycles. The van der Waals surface area contributed by atoms with Gasteiger partial charge in [-0.25, -0.2) is 0 Å². The first-order valence-corrected chi connectivity index (χ1v) is 9.56. The molecule has 0 radical (unpaired) electrons. The Kier molecular flexibility index (Phi) is 5.20. The summed E-state index contributed by atoms with van der Waals surface area (Å²) < 4.78 is 6.72. The van der Waals surface area contributed by atoms with Crippen LogP contribution in [0.1, 0.15) is 35.0 Å². The first kappa shape index (κ1) is 17.0. The van der Waals surface area contributed by atoms with Crippen LogP contribution in [-0.4, -0.2) is 22.6 Å². The number of para-hydroxylation sites is 1. The highest BCUT2D eigenvalue weighted by molar-refractivity contribution is 8.00. The zero-order valence-electron chi connectivity index (χ0n) is 13.8. The van der Waals surface area contributed by atoms with Gasteiger partial charge in [-0.3, -0.25) is 4.79 Å². The van der Waals surface area contributed by atoms with E-state index in [0.29, 0.717) is 24.0 Å². The standard InChI is InChI=1S/C17H19N3O2S2/c1-10(2)8-18-16(21)15-13(9-23-17-20-19-11(3)24-17)12-6-4-5-7-14(12)22-15/h4-7,10H,8-9H2,1-3H3,(H,18,21). The second-order valence-electron chi connectivity index (χ2n) is 5.89. The summed E-state index contributed by atoms with van der Waals surface area (Å²) in [6.07, 6.45) is 0. The van der Waals surface area contributed by atoms with Crippen LogP contribution in [0.15, 0.2) is 33.0 Å². The molecule has 1 amide bonds. The number of hydrogen-bond donors (Lipinski definition) is 1. The summed E-state index contributed by atoms with van der Waals surface area (Å²) in [4.78, 5) is 12.5. The normalized spacial score (nSPS) is 11.3. The third-order valence-electron chi connectivity index (χ3n) is 3.42. The minimum absolute atomic E-state index is 0.163. The first-order chi connectivity index (χ1) is 11.5. The molecule has 0 fully saturated rings. The lowest BCUT2D eigenvalue weighted by Crippen LogP contribution is -2.27. The maximum atomic E-state index is 12.5. The van der Waals surface area contributed by atoms with Crippen molar-refractivity contribution in [1.29, 1.82) is 0 Å². The molecule has 0 aliphatic rings. The van der Waals surface area contributed by atoms with Crippen LogP contribution < -0.4 is 5.32 Å². The lowest BCUT2D eigenvalue weighted by atomic mass is 10.1. The third-order valence-corrected chi connectivity index (χ3v) is 5.42. The van der Waals surface area contributed by atoms with Crippen molar-refractivity contribution in [3.63, 3.8) is 0 Å². The van der Waals surface area contributed by atoms with Gasteiger partial charge in [-0.05, 0) is 18.9 Å². The molecule has 0 bridgehead atoms. The van der Waals surface area contributed by atoms with Gasteiger partial charge in [0, 0.05) is 23.2 Å². The molecule has 0 spiro atoms. The highest BCUT2D eigenvalue weighted by Gasteiger charge is 2.21. The van der Waals surface area contributed by atoms with E-state index in [1.807, 2.05) is 31.2 Å². The Labute approximate surface area is 148 Å². The van der Waals surface area contributed by atoms with E-state index in [9.17, 15) is 4.79 Å². The monoisotopic (exact) mass is 361 g/mol. The quantitative estimate of drug-likeness (QED) is 0.664. The van der Waals surface area contributed by atoms with Crippen molar-refractivity contribution in [3.8, 4) is 0 Å². The minimum Gasteiger partial charge on any atom is -0.451 e. The molecule has 0 saturated heterocycles. The molecule has 3 rings (SSSR count). The molecule has 0 saturated carbocycles. The molecular weight excluding hydrogens is 342 g/mol. The van der Waals surface area contributed by atoms with Crippen LogP contribution in [-0.2, 0) is 5.75 Å². The molecule has 2 heterocycles. The lowest BCUT2D eigenvalue weighted by molar-refractivity contribution is 0.0922. The van der Waals surface area contributed by atoms with E-state index in [1.54, 1.807) is 23.1 Å². The number of nitrogens with zero attached hydrogens (tertiary/aromatic N) is 2. The number of fused-ring (bicyclic) bond motifs is 1. The van der Waals surface area contributed by atoms with Gasteiger partial charge < -0.3 is 9.73 Å². The maximum Gasteiger partial charge on any atom is 0.287 e. The molecule has 2 aromatic heterocycles. The Morgan fingerprint density at radius 1 is 1.33 bits per heavy atom. The zero-order valence-corrected chi connectivity index (χ0v) is 15.5. The SMILES string of the molecule is Cc1nnc(SCc2c(C(=O)NCC(C)C)oc3ccccc23)s1. The fraction of sp³-hybridized carbons (Fsp3) is 0.353. The van der Waals surface area contributed by atoms with Crippen LogP contribution >= 0.6 is 23.1 Å². The van der Waals surface area contributed by atoms with E-state index in [1.165, 1.54) is 0 Å². The van der Waals surface area contributed by atoms with Crippen LogP contribution in [0.3, 0.4) is 0 Å². The number of hydrogen-bond acceptors (Lipinski definition) is 6. The number of nitrogens with one attached hydrogen (secondary N) is 1. The summed E-state index contributed by atoms with van der Waals surface area (Å²) in [6, 6.07) is 7.74. The van der Waals surface area contributed by atoms with Gasteiger partial charge in [-0.15, -0.1) is 10.2 Å². The van der Waals surface area contributed by atoms with Crippen molar-refractivity contribution in [3.05, 3.63) is 40.6 Å². The number of benzene rings is 1. The summed E-state index contributed by atoms with van der Waals surface area (Å²) in [6.45, 7) is 6.68. The van der Waals surface area contributed by atoms with Crippen molar-refractivity contribution >= 4 is 40.0 Å². The Hall–Kier alpha value is -1.86. The molecule has 24 heavy (non-hydrogen) atoms. The fourth-order valence-electron chi connectivity index (χ4n) is 2.27. The Morgan fingerprint density at radius 3 is 2.83 bits per heavy atom. The number of carbonyl (C=O) groups is 1. The van der Waals surface area contributed by atoms with Crippen LogP contribution in [0, 0.1) is 12.8 Å². The topological polar surface area (TPSA) is 68.0 Å². The van der Waals surface area contributed by atoms with Gasteiger partial charge in [0.15, 0.2) is 10.1 Å². The zero-order chi connectivity index (χ0) is 17.1. The lowest BCUT2D eigenvalue weighted by Gasteiger charge is -2.07. The van der Waals surface area contributed by atoms with E-state index >= 15 is 0 Å². The van der Waals surface area contributed by atoms with Crippen molar-refractivity contribution in [2.75, 3.05) is 6.54 Å². The van der Waals surface area contributed by atoms with Gasteiger partial charge in [0.25, 0.3) is 5.91 Å². The van der Waals surface area contributed by atoms with E-state index < -0.39 is 0 Å². The summed E-state index contributed by atoms with van der Waals surface area (Å²) in [7, 11) is 0. The average molecular weight is 361 g/mol. The number of carbonyl (C=O) groups excluding carboxylic acids is 1. The number of rotatable bonds is 6. The van der Waals surface area contributed by atoms with Crippen LogP contribution in [0.2, 0.25) is 0 Å². The molecular formula is C17H19N3O2S2. The number of thioether (sulfide) groups is 1. The van der Waals surface area contributed by atoms with E-state index in [2.05, 4.69) is 29.4 Å². The largest absolute Gasteiger partial charge is 0.451 e. The molecule has 0 unspecified atom stereocenters. The number of aromatic nitrogens is 2.